The smallest absolute Gasteiger partial charge is 0.0639 e. The molecule has 2 aromatic rings. The third kappa shape index (κ3) is 4.00. The fourth-order valence-corrected chi connectivity index (χ4v) is 2.84. The van der Waals surface area contributed by atoms with Gasteiger partial charge in [-0.15, -0.1) is 0 Å². The van der Waals surface area contributed by atoms with Gasteiger partial charge in [-0.1, -0.05) is 79.5 Å². The molecule has 0 spiro atoms. The molecule has 0 heterocycles. The second kappa shape index (κ2) is 6.83. The fourth-order valence-electron chi connectivity index (χ4n) is 2.36. The SMILES string of the molecule is CC(NCC(C)(C)c1ccccc1)c1cccc(Cl)c1Cl. The highest BCUT2D eigenvalue weighted by molar-refractivity contribution is 6.42. The standard InChI is InChI=1S/C18H21Cl2N/c1-13(15-10-7-11-16(19)17(15)20)21-12-18(2,3)14-8-5-4-6-9-14/h4-11,13,21H,12H2,1-3H3. The summed E-state index contributed by atoms with van der Waals surface area (Å²) in [4.78, 5) is 0. The highest BCUT2D eigenvalue weighted by Gasteiger charge is 2.21. The second-order valence-corrected chi connectivity index (χ2v) is 6.78. The van der Waals surface area contributed by atoms with Gasteiger partial charge in [0.2, 0.25) is 0 Å². The predicted octanol–water partition coefficient (Wildman–Crippen LogP) is 5.62. The number of rotatable bonds is 5. The van der Waals surface area contributed by atoms with E-state index in [9.17, 15) is 0 Å². The van der Waals surface area contributed by atoms with Crippen LogP contribution in [0.4, 0.5) is 0 Å². The van der Waals surface area contributed by atoms with Gasteiger partial charge in [0, 0.05) is 18.0 Å². The maximum absolute atomic E-state index is 6.28. The maximum atomic E-state index is 6.28. The molecule has 2 aromatic carbocycles. The summed E-state index contributed by atoms with van der Waals surface area (Å²) in [7, 11) is 0. The number of hydrogen-bond acceptors (Lipinski definition) is 1. The van der Waals surface area contributed by atoms with Crippen LogP contribution < -0.4 is 5.32 Å². The van der Waals surface area contributed by atoms with Crippen LogP contribution in [0.1, 0.15) is 37.9 Å². The van der Waals surface area contributed by atoms with Gasteiger partial charge in [-0.2, -0.15) is 0 Å². The van der Waals surface area contributed by atoms with Crippen LogP contribution in [0.2, 0.25) is 10.0 Å². The molecule has 0 saturated carbocycles. The molecule has 1 atom stereocenters. The van der Waals surface area contributed by atoms with Gasteiger partial charge in [-0.05, 0) is 24.1 Å². The predicted molar refractivity (Wildman–Crippen MR) is 92.3 cm³/mol. The largest absolute Gasteiger partial charge is 0.309 e. The van der Waals surface area contributed by atoms with Crippen LogP contribution >= 0.6 is 23.2 Å². The van der Waals surface area contributed by atoms with Crippen LogP contribution in [0.5, 0.6) is 0 Å². The fraction of sp³-hybridized carbons (Fsp3) is 0.333. The molecule has 0 bridgehead atoms. The molecule has 3 heteroatoms. The summed E-state index contributed by atoms with van der Waals surface area (Å²) in [5.41, 5.74) is 2.41. The van der Waals surface area contributed by atoms with Crippen molar-refractivity contribution in [3.8, 4) is 0 Å². The molecule has 21 heavy (non-hydrogen) atoms. The van der Waals surface area contributed by atoms with E-state index in [2.05, 4.69) is 50.4 Å². The van der Waals surface area contributed by atoms with Gasteiger partial charge in [0.15, 0.2) is 0 Å². The molecular weight excluding hydrogens is 301 g/mol. The minimum atomic E-state index is 0.0561. The minimum Gasteiger partial charge on any atom is -0.309 e. The Morgan fingerprint density at radius 3 is 2.33 bits per heavy atom. The maximum Gasteiger partial charge on any atom is 0.0639 e. The van der Waals surface area contributed by atoms with E-state index < -0.39 is 0 Å². The lowest BCUT2D eigenvalue weighted by Gasteiger charge is -2.28. The van der Waals surface area contributed by atoms with Crippen molar-refractivity contribution in [1.29, 1.82) is 0 Å². The summed E-state index contributed by atoms with van der Waals surface area (Å²) >= 11 is 12.4. The first kappa shape index (κ1) is 16.4. The van der Waals surface area contributed by atoms with Crippen molar-refractivity contribution < 1.29 is 0 Å². The third-order valence-electron chi connectivity index (χ3n) is 3.85. The molecule has 0 fully saturated rings. The zero-order valence-corrected chi connectivity index (χ0v) is 14.2. The van der Waals surface area contributed by atoms with Crippen LogP contribution in [0.15, 0.2) is 48.5 Å². The van der Waals surface area contributed by atoms with Gasteiger partial charge in [-0.25, -0.2) is 0 Å². The Morgan fingerprint density at radius 2 is 1.67 bits per heavy atom. The van der Waals surface area contributed by atoms with Gasteiger partial charge in [0.05, 0.1) is 10.0 Å². The quantitative estimate of drug-likeness (QED) is 0.753. The Kier molecular flexibility index (Phi) is 5.32. The summed E-state index contributed by atoms with van der Waals surface area (Å²) in [5, 5.41) is 4.80. The van der Waals surface area contributed by atoms with Gasteiger partial charge in [-0.3, -0.25) is 0 Å². The Balaban J connectivity index is 2.07. The van der Waals surface area contributed by atoms with Crippen molar-refractivity contribution in [3.05, 3.63) is 69.7 Å². The first-order chi connectivity index (χ1) is 9.92. The lowest BCUT2D eigenvalue weighted by Crippen LogP contribution is -2.34. The Hall–Kier alpha value is -1.02. The van der Waals surface area contributed by atoms with E-state index in [1.54, 1.807) is 0 Å². The van der Waals surface area contributed by atoms with Gasteiger partial charge in [0.1, 0.15) is 0 Å². The lowest BCUT2D eigenvalue weighted by atomic mass is 9.84. The average Bonchev–Trinajstić information content (AvgIpc) is 2.49. The van der Waals surface area contributed by atoms with Gasteiger partial charge < -0.3 is 5.32 Å². The molecule has 0 aliphatic carbocycles. The van der Waals surface area contributed by atoms with Crippen LogP contribution in [0.25, 0.3) is 0 Å². The van der Waals surface area contributed by atoms with Crippen molar-refractivity contribution in [3.63, 3.8) is 0 Å². The van der Waals surface area contributed by atoms with Crippen molar-refractivity contribution in [2.75, 3.05) is 6.54 Å². The van der Waals surface area contributed by atoms with E-state index in [4.69, 9.17) is 23.2 Å². The number of hydrogen-bond donors (Lipinski definition) is 1. The van der Waals surface area contributed by atoms with Crippen LogP contribution in [0, 0.1) is 0 Å². The monoisotopic (exact) mass is 321 g/mol. The molecular formula is C18H21Cl2N. The molecule has 2 rings (SSSR count). The Labute approximate surface area is 137 Å². The summed E-state index contributed by atoms with van der Waals surface area (Å²) in [6.07, 6.45) is 0. The molecule has 0 aliphatic rings. The summed E-state index contributed by atoms with van der Waals surface area (Å²) in [6.45, 7) is 7.45. The van der Waals surface area contributed by atoms with Crippen molar-refractivity contribution in [2.24, 2.45) is 0 Å². The van der Waals surface area contributed by atoms with Crippen LogP contribution in [-0.2, 0) is 5.41 Å². The summed E-state index contributed by atoms with van der Waals surface area (Å²) in [5.74, 6) is 0. The van der Waals surface area contributed by atoms with Crippen LogP contribution in [0.3, 0.4) is 0 Å². The number of halogens is 2. The van der Waals surface area contributed by atoms with Crippen molar-refractivity contribution >= 4 is 23.2 Å². The molecule has 0 amide bonds. The summed E-state index contributed by atoms with van der Waals surface area (Å²) in [6, 6.07) is 16.4. The minimum absolute atomic E-state index is 0.0561. The van der Waals surface area contributed by atoms with E-state index in [-0.39, 0.29) is 11.5 Å². The average molecular weight is 322 g/mol. The highest BCUT2D eigenvalue weighted by Crippen LogP contribution is 2.30. The molecule has 112 valence electrons. The second-order valence-electron chi connectivity index (χ2n) is 6.00. The molecule has 0 saturated heterocycles. The normalized spacial score (nSPS) is 13.2. The number of nitrogens with one attached hydrogen (secondary N) is 1. The topological polar surface area (TPSA) is 12.0 Å². The van der Waals surface area contributed by atoms with E-state index in [0.29, 0.717) is 10.0 Å². The summed E-state index contributed by atoms with van der Waals surface area (Å²) < 4.78 is 0. The first-order valence-corrected chi connectivity index (χ1v) is 7.90. The van der Waals surface area contributed by atoms with Crippen molar-refractivity contribution in [2.45, 2.75) is 32.2 Å². The highest BCUT2D eigenvalue weighted by atomic mass is 35.5. The van der Waals surface area contributed by atoms with E-state index in [1.807, 2.05) is 24.3 Å². The van der Waals surface area contributed by atoms with Gasteiger partial charge in [0.25, 0.3) is 0 Å². The molecule has 0 aromatic heterocycles. The lowest BCUT2D eigenvalue weighted by molar-refractivity contribution is 0.435. The Bertz CT molecular complexity index is 593. The van der Waals surface area contributed by atoms with E-state index in [0.717, 1.165) is 12.1 Å². The van der Waals surface area contributed by atoms with E-state index >= 15 is 0 Å². The first-order valence-electron chi connectivity index (χ1n) is 7.14. The molecule has 1 unspecified atom stereocenters. The molecule has 1 nitrogen and oxygen atoms in total. The third-order valence-corrected chi connectivity index (χ3v) is 4.69. The zero-order valence-electron chi connectivity index (χ0n) is 12.7. The van der Waals surface area contributed by atoms with Crippen molar-refractivity contribution in [1.82, 2.24) is 5.32 Å². The Morgan fingerprint density at radius 1 is 1.00 bits per heavy atom. The molecule has 1 N–H and O–H groups in total. The zero-order chi connectivity index (χ0) is 15.5. The molecule has 0 aliphatic heterocycles. The number of benzene rings is 2. The van der Waals surface area contributed by atoms with Gasteiger partial charge >= 0.3 is 0 Å². The van der Waals surface area contributed by atoms with Crippen LogP contribution in [-0.4, -0.2) is 6.54 Å². The van der Waals surface area contributed by atoms with E-state index in [1.165, 1.54) is 5.56 Å². The molecule has 0 radical (unpaired) electrons.